The highest BCUT2D eigenvalue weighted by molar-refractivity contribution is 5.07. The zero-order valence-electron chi connectivity index (χ0n) is 20.5. The molecule has 1 aliphatic carbocycles. The monoisotopic (exact) mass is 489 g/mol. The number of aliphatic hydroxyl groups is 3. The fraction of sp³-hybridized carbons (Fsp3) is 0.909. The number of hydrogen-bond acceptors (Lipinski definition) is 12. The average molecular weight is 490 g/mol. The molecular weight excluding hydrogens is 446 g/mol. The van der Waals surface area contributed by atoms with Crippen molar-refractivity contribution in [2.75, 3.05) is 20.2 Å². The van der Waals surface area contributed by atoms with Gasteiger partial charge in [-0.1, -0.05) is 6.92 Å². The smallest absolute Gasteiger partial charge is 0.215 e. The fourth-order valence-corrected chi connectivity index (χ4v) is 4.99. The minimum atomic E-state index is -1.28. The van der Waals surface area contributed by atoms with Crippen molar-refractivity contribution < 1.29 is 34.3 Å². The van der Waals surface area contributed by atoms with Crippen LogP contribution in [0.15, 0.2) is 11.8 Å². The van der Waals surface area contributed by atoms with Gasteiger partial charge in [-0.3, -0.25) is 0 Å². The minimum Gasteiger partial charge on any atom is -0.466 e. The SMILES string of the molecule is CCN[C@@H]1C[C@H](N)[C@@H](O[C@@H]2OC(C(C)N)=CC[C@@H]2N)[C@H](O)[C@H]1O[C@H]1OC[C@](C)(O)[C@H](NC)[C@H]1O. The quantitative estimate of drug-likeness (QED) is 0.174. The maximum absolute atomic E-state index is 11.3. The van der Waals surface area contributed by atoms with E-state index in [-0.39, 0.29) is 18.7 Å². The first kappa shape index (κ1) is 27.7. The summed E-state index contributed by atoms with van der Waals surface area (Å²) in [5.74, 6) is 0.577. The van der Waals surface area contributed by atoms with Gasteiger partial charge in [0.25, 0.3) is 0 Å². The summed E-state index contributed by atoms with van der Waals surface area (Å²) in [5, 5.41) is 38.9. The molecule has 0 radical (unpaired) electrons. The van der Waals surface area contributed by atoms with Crippen LogP contribution in [0.25, 0.3) is 0 Å². The minimum absolute atomic E-state index is 0.0501. The Kier molecular flexibility index (Phi) is 9.31. The van der Waals surface area contributed by atoms with Crippen LogP contribution >= 0.6 is 0 Å². The van der Waals surface area contributed by atoms with Gasteiger partial charge in [-0.15, -0.1) is 0 Å². The molecular formula is C22H43N5O7. The van der Waals surface area contributed by atoms with E-state index < -0.39 is 60.7 Å². The van der Waals surface area contributed by atoms with Crippen molar-refractivity contribution in [2.45, 2.75) is 106 Å². The van der Waals surface area contributed by atoms with E-state index in [9.17, 15) is 15.3 Å². The zero-order chi connectivity index (χ0) is 25.2. The molecule has 3 rings (SSSR count). The summed E-state index contributed by atoms with van der Waals surface area (Å²) in [6.45, 7) is 5.89. The summed E-state index contributed by atoms with van der Waals surface area (Å²) < 4.78 is 23.7. The molecule has 198 valence electrons. The van der Waals surface area contributed by atoms with Crippen LogP contribution in [0.2, 0.25) is 0 Å². The van der Waals surface area contributed by atoms with Crippen molar-refractivity contribution in [2.24, 2.45) is 17.2 Å². The molecule has 12 heteroatoms. The Balaban J connectivity index is 1.76. The van der Waals surface area contributed by atoms with Gasteiger partial charge >= 0.3 is 0 Å². The maximum Gasteiger partial charge on any atom is 0.215 e. The molecule has 11 N–H and O–H groups in total. The van der Waals surface area contributed by atoms with Crippen molar-refractivity contribution >= 4 is 0 Å². The summed E-state index contributed by atoms with van der Waals surface area (Å²) >= 11 is 0. The van der Waals surface area contributed by atoms with Crippen molar-refractivity contribution in [3.8, 4) is 0 Å². The Morgan fingerprint density at radius 2 is 1.85 bits per heavy atom. The van der Waals surface area contributed by atoms with Crippen LogP contribution in [0.3, 0.4) is 0 Å². The molecule has 0 amide bonds. The summed E-state index contributed by atoms with van der Waals surface area (Å²) in [6, 6.07) is -2.30. The third-order valence-electron chi connectivity index (χ3n) is 6.85. The molecule has 1 unspecified atom stereocenters. The van der Waals surface area contributed by atoms with E-state index in [1.54, 1.807) is 20.9 Å². The summed E-state index contributed by atoms with van der Waals surface area (Å²) in [6.07, 6.45) is -3.09. The second-order valence-corrected chi connectivity index (χ2v) is 9.83. The molecule has 0 aromatic rings. The third kappa shape index (κ3) is 5.90. The van der Waals surface area contributed by atoms with Gasteiger partial charge in [0, 0.05) is 12.1 Å². The summed E-state index contributed by atoms with van der Waals surface area (Å²) in [7, 11) is 1.64. The lowest BCUT2D eigenvalue weighted by molar-refractivity contribution is -0.304. The van der Waals surface area contributed by atoms with Crippen molar-refractivity contribution in [1.29, 1.82) is 0 Å². The first-order valence-electron chi connectivity index (χ1n) is 12.0. The Labute approximate surface area is 201 Å². The third-order valence-corrected chi connectivity index (χ3v) is 6.85. The Hall–Kier alpha value is -0.900. The number of hydrogen-bond donors (Lipinski definition) is 8. The van der Waals surface area contributed by atoms with Crippen LogP contribution in [-0.4, -0.2) is 108 Å². The summed E-state index contributed by atoms with van der Waals surface area (Å²) in [5.41, 5.74) is 17.3. The first-order valence-corrected chi connectivity index (χ1v) is 12.0. The molecule has 12 nitrogen and oxygen atoms in total. The maximum atomic E-state index is 11.3. The second-order valence-electron chi connectivity index (χ2n) is 9.83. The van der Waals surface area contributed by atoms with Gasteiger partial charge in [-0.2, -0.15) is 0 Å². The van der Waals surface area contributed by atoms with Crippen LogP contribution in [0.1, 0.15) is 33.6 Å². The standard InChI is InChI=1S/C22H43N5O7/c1-5-27-13-8-12(25)17(33-20-11(24)6-7-14(32-20)10(2)23)15(28)18(13)34-21-16(29)19(26-4)22(3,30)9-31-21/h7,10-13,15-21,26-30H,5-6,8-9,23-25H2,1-4H3/t10?,11-,12-,13+,15-,16+,17+,18-,19+,20-,21+,22-/m0/s1. The number of likely N-dealkylation sites (N-methyl/N-ethyl adjacent to an activating group) is 2. The molecule has 2 aliphatic heterocycles. The molecule has 12 atom stereocenters. The van der Waals surface area contributed by atoms with Gasteiger partial charge < -0.3 is 62.1 Å². The van der Waals surface area contributed by atoms with Gasteiger partial charge in [-0.25, -0.2) is 0 Å². The molecule has 2 heterocycles. The highest BCUT2D eigenvalue weighted by atomic mass is 16.7. The molecule has 0 aromatic heterocycles. The van der Waals surface area contributed by atoms with E-state index in [4.69, 9.17) is 36.1 Å². The molecule has 3 aliphatic rings. The lowest BCUT2D eigenvalue weighted by Gasteiger charge is -2.49. The Morgan fingerprint density at radius 1 is 1.18 bits per heavy atom. The predicted molar refractivity (Wildman–Crippen MR) is 124 cm³/mol. The van der Waals surface area contributed by atoms with E-state index >= 15 is 0 Å². The number of aliphatic hydroxyl groups excluding tert-OH is 2. The highest BCUT2D eigenvalue weighted by Gasteiger charge is 2.51. The van der Waals surface area contributed by atoms with Crippen molar-refractivity contribution in [3.05, 3.63) is 11.8 Å². The molecule has 0 aromatic carbocycles. The zero-order valence-corrected chi connectivity index (χ0v) is 20.5. The highest BCUT2D eigenvalue weighted by Crippen LogP contribution is 2.32. The molecule has 1 saturated carbocycles. The first-order chi connectivity index (χ1) is 16.0. The van der Waals surface area contributed by atoms with Gasteiger partial charge in [0.05, 0.1) is 24.7 Å². The van der Waals surface area contributed by atoms with Gasteiger partial charge in [0.2, 0.25) is 6.29 Å². The number of nitrogens with two attached hydrogens (primary N) is 3. The van der Waals surface area contributed by atoms with Crippen LogP contribution in [0.5, 0.6) is 0 Å². The van der Waals surface area contributed by atoms with Crippen LogP contribution in [0.4, 0.5) is 0 Å². The second kappa shape index (κ2) is 11.4. The summed E-state index contributed by atoms with van der Waals surface area (Å²) in [4.78, 5) is 0. The van der Waals surface area contributed by atoms with E-state index in [0.29, 0.717) is 25.1 Å². The van der Waals surface area contributed by atoms with E-state index in [1.165, 1.54) is 0 Å². The predicted octanol–water partition coefficient (Wildman–Crippen LogP) is -2.81. The van der Waals surface area contributed by atoms with Crippen molar-refractivity contribution in [3.63, 3.8) is 0 Å². The van der Waals surface area contributed by atoms with Crippen LogP contribution in [-0.2, 0) is 18.9 Å². The number of rotatable bonds is 8. The van der Waals surface area contributed by atoms with Crippen molar-refractivity contribution in [1.82, 2.24) is 10.6 Å². The number of nitrogens with one attached hydrogen (secondary N) is 2. The van der Waals surface area contributed by atoms with Gasteiger partial charge in [0.1, 0.15) is 35.8 Å². The van der Waals surface area contributed by atoms with Crippen LogP contribution < -0.4 is 27.8 Å². The molecule has 34 heavy (non-hydrogen) atoms. The van der Waals surface area contributed by atoms with Gasteiger partial charge in [0.15, 0.2) is 6.29 Å². The van der Waals surface area contributed by atoms with Gasteiger partial charge in [-0.05, 0) is 46.4 Å². The van der Waals surface area contributed by atoms with E-state index in [0.717, 1.165) is 0 Å². The Bertz CT molecular complexity index is 697. The van der Waals surface area contributed by atoms with Crippen LogP contribution in [0, 0.1) is 0 Å². The topological polar surface area (TPSA) is 200 Å². The molecule has 1 saturated heterocycles. The average Bonchev–Trinajstić information content (AvgIpc) is 2.76. The number of ether oxygens (including phenoxy) is 4. The molecule has 0 bridgehead atoms. The lowest BCUT2D eigenvalue weighted by Crippen LogP contribution is -2.69. The van der Waals surface area contributed by atoms with E-state index in [1.807, 2.05) is 13.0 Å². The lowest BCUT2D eigenvalue weighted by atomic mass is 9.83. The Morgan fingerprint density at radius 3 is 2.47 bits per heavy atom. The normalized spacial score (nSPS) is 46.5. The van der Waals surface area contributed by atoms with E-state index in [2.05, 4.69) is 10.6 Å². The molecule has 2 fully saturated rings. The molecule has 0 spiro atoms. The largest absolute Gasteiger partial charge is 0.466 e. The fourth-order valence-electron chi connectivity index (χ4n) is 4.99.